The van der Waals surface area contributed by atoms with Gasteiger partial charge in [0.2, 0.25) is 0 Å². The summed E-state index contributed by atoms with van der Waals surface area (Å²) < 4.78 is 33.5. The second-order valence-electron chi connectivity index (χ2n) is 11.3. The average Bonchev–Trinajstić information content (AvgIpc) is 3.64. The van der Waals surface area contributed by atoms with Crippen molar-refractivity contribution in [3.05, 3.63) is 103 Å². The van der Waals surface area contributed by atoms with Gasteiger partial charge < -0.3 is 14.5 Å². The molecule has 216 valence electrons. The fourth-order valence-corrected chi connectivity index (χ4v) is 7.39. The van der Waals surface area contributed by atoms with E-state index in [2.05, 4.69) is 75.4 Å². The molecule has 4 nitrogen and oxygen atoms in total. The maximum Gasteiger partial charge on any atom is 0.107 e. The molecule has 0 aliphatic carbocycles. The number of pyridine rings is 1. The molecule has 0 fully saturated rings. The van der Waals surface area contributed by atoms with Crippen molar-refractivity contribution in [1.82, 2.24) is 9.88 Å². The second kappa shape index (κ2) is 10.8. The van der Waals surface area contributed by atoms with E-state index in [9.17, 15) is 0 Å². The summed E-state index contributed by atoms with van der Waals surface area (Å²) in [6.07, 6.45) is 1.90. The Labute approximate surface area is 273 Å². The van der Waals surface area contributed by atoms with E-state index in [0.29, 0.717) is 22.2 Å². The number of hydrogen-bond acceptors (Lipinski definition) is 6. The Hall–Kier alpha value is -3.18. The SMILES string of the molecule is [2H]C([2H])([2H])N1[CH-]N(c2[c-]c(Oc3[c-]c4c(-c5cc(C(C)(C)C)ccn5)c5c(cc4s3)sc3ccccc35)ccc2)C(C)=C1C.[Pt]. The van der Waals surface area contributed by atoms with Gasteiger partial charge in [-0.1, -0.05) is 55.3 Å². The Morgan fingerprint density at radius 1 is 0.929 bits per heavy atom. The van der Waals surface area contributed by atoms with Crippen LogP contribution in [0.2, 0.25) is 0 Å². The van der Waals surface area contributed by atoms with Gasteiger partial charge in [0.25, 0.3) is 0 Å². The first-order valence-electron chi connectivity index (χ1n) is 15.0. The van der Waals surface area contributed by atoms with Crippen molar-refractivity contribution < 1.29 is 29.9 Å². The number of nitrogens with zero attached hydrogens (tertiary/aromatic N) is 3. The molecule has 42 heavy (non-hydrogen) atoms. The molecule has 1 aliphatic heterocycles. The largest absolute Gasteiger partial charge is 0.508 e. The van der Waals surface area contributed by atoms with Crippen LogP contribution in [0.5, 0.6) is 10.8 Å². The van der Waals surface area contributed by atoms with Gasteiger partial charge in [0.1, 0.15) is 5.06 Å². The molecule has 0 saturated carbocycles. The van der Waals surface area contributed by atoms with Crippen molar-refractivity contribution in [2.45, 2.75) is 40.0 Å². The van der Waals surface area contributed by atoms with Crippen LogP contribution in [0, 0.1) is 18.8 Å². The minimum atomic E-state index is -2.27. The number of ether oxygens (including phenoxy) is 1. The minimum absolute atomic E-state index is 0. The van der Waals surface area contributed by atoms with Crippen molar-refractivity contribution in [2.75, 3.05) is 11.9 Å². The molecule has 0 saturated heterocycles. The number of benzene rings is 3. The van der Waals surface area contributed by atoms with Crippen LogP contribution < -0.4 is 9.64 Å². The first-order chi connectivity index (χ1) is 20.9. The number of anilines is 1. The van der Waals surface area contributed by atoms with Gasteiger partial charge in [0.15, 0.2) is 0 Å². The minimum Gasteiger partial charge on any atom is -0.508 e. The monoisotopic (exact) mass is 770 g/mol. The third-order valence-electron chi connectivity index (χ3n) is 7.64. The zero-order chi connectivity index (χ0) is 31.0. The third-order valence-corrected chi connectivity index (χ3v) is 9.67. The fourth-order valence-electron chi connectivity index (χ4n) is 5.25. The number of thiophene rings is 2. The Kier molecular flexibility index (Phi) is 6.53. The second-order valence-corrected chi connectivity index (χ2v) is 13.4. The van der Waals surface area contributed by atoms with Gasteiger partial charge >= 0.3 is 0 Å². The molecule has 0 radical (unpaired) electrons. The van der Waals surface area contributed by atoms with Crippen molar-refractivity contribution in [1.29, 1.82) is 0 Å². The number of rotatable bonds is 4. The zero-order valence-electron chi connectivity index (χ0n) is 26.8. The summed E-state index contributed by atoms with van der Waals surface area (Å²) in [5, 5.41) is 4.00. The fraction of sp³-hybridized carbons (Fsp3) is 0.200. The number of aromatic nitrogens is 1. The molecule has 3 aromatic heterocycles. The van der Waals surface area contributed by atoms with Gasteiger partial charge in [-0.25, -0.2) is 0 Å². The maximum absolute atomic E-state index is 7.88. The Balaban J connectivity index is 0.00000357. The van der Waals surface area contributed by atoms with Gasteiger partial charge in [-0.3, -0.25) is 4.98 Å². The van der Waals surface area contributed by atoms with Crippen LogP contribution in [0.1, 0.15) is 44.3 Å². The molecular weight excluding hydrogens is 738 g/mol. The normalized spacial score (nSPS) is 15.3. The topological polar surface area (TPSA) is 28.6 Å². The van der Waals surface area contributed by atoms with Crippen molar-refractivity contribution >= 4 is 58.6 Å². The summed E-state index contributed by atoms with van der Waals surface area (Å²) in [7, 11) is 0. The predicted molar refractivity (Wildman–Crippen MR) is 174 cm³/mol. The van der Waals surface area contributed by atoms with E-state index in [1.54, 1.807) is 29.3 Å². The van der Waals surface area contributed by atoms with Crippen LogP contribution in [0.4, 0.5) is 5.69 Å². The van der Waals surface area contributed by atoms with Crippen molar-refractivity contribution in [3.63, 3.8) is 0 Å². The van der Waals surface area contributed by atoms with Crippen LogP contribution in [0.3, 0.4) is 0 Å². The summed E-state index contributed by atoms with van der Waals surface area (Å²) in [4.78, 5) is 8.02. The van der Waals surface area contributed by atoms with Gasteiger partial charge in [-0.15, -0.1) is 41.3 Å². The number of hydrogen-bond donors (Lipinski definition) is 0. The molecule has 0 bridgehead atoms. The van der Waals surface area contributed by atoms with Gasteiger partial charge in [-0.2, -0.15) is 29.5 Å². The first kappa shape index (κ1) is 25.3. The quantitative estimate of drug-likeness (QED) is 0.167. The van der Waals surface area contributed by atoms with E-state index in [1.807, 2.05) is 43.1 Å². The predicted octanol–water partition coefficient (Wildman–Crippen LogP) is 10.1. The van der Waals surface area contributed by atoms with Crippen molar-refractivity contribution in [2.24, 2.45) is 0 Å². The van der Waals surface area contributed by atoms with Gasteiger partial charge in [-0.05, 0) is 66.5 Å². The molecule has 6 aromatic rings. The number of fused-ring (bicyclic) bond motifs is 4. The zero-order valence-corrected chi connectivity index (χ0v) is 27.7. The molecule has 3 aromatic carbocycles. The Bertz CT molecular complexity index is 2110. The van der Waals surface area contributed by atoms with E-state index in [4.69, 9.17) is 13.8 Å². The molecule has 7 rings (SSSR count). The van der Waals surface area contributed by atoms with Crippen LogP contribution in [0.15, 0.2) is 78.3 Å². The van der Waals surface area contributed by atoms with Crippen LogP contribution in [-0.4, -0.2) is 16.9 Å². The molecule has 1 aliphatic rings. The Morgan fingerprint density at radius 2 is 1.76 bits per heavy atom. The molecule has 0 N–H and O–H groups in total. The molecule has 0 amide bonds. The smallest absolute Gasteiger partial charge is 0.107 e. The van der Waals surface area contributed by atoms with Gasteiger partial charge in [0.05, 0.1) is 0 Å². The number of allylic oxidation sites excluding steroid dienone is 2. The van der Waals surface area contributed by atoms with E-state index < -0.39 is 6.98 Å². The van der Waals surface area contributed by atoms with E-state index in [0.717, 1.165) is 27.0 Å². The first-order valence-corrected chi connectivity index (χ1v) is 15.1. The van der Waals surface area contributed by atoms with Crippen LogP contribution in [0.25, 0.3) is 41.5 Å². The van der Waals surface area contributed by atoms with E-state index in [1.165, 1.54) is 30.6 Å². The molecule has 0 unspecified atom stereocenters. The summed E-state index contributed by atoms with van der Waals surface area (Å²) >= 11 is 3.33. The Morgan fingerprint density at radius 3 is 2.55 bits per heavy atom. The molecule has 4 heterocycles. The average molecular weight is 771 g/mol. The van der Waals surface area contributed by atoms with Gasteiger partial charge in [0, 0.05) is 57.9 Å². The van der Waals surface area contributed by atoms with Crippen LogP contribution >= 0.6 is 22.7 Å². The van der Waals surface area contributed by atoms with E-state index >= 15 is 0 Å². The van der Waals surface area contributed by atoms with Crippen molar-refractivity contribution in [3.8, 4) is 22.1 Å². The standard InChI is InChI=1S/C35H30N3OS2.Pt/c1-21-22(2)38(20-37(21)6)24-10-9-11-25(17-24)39-32-18-27-30(41-32)19-31-34(26-12-7-8-13-29(26)40-31)33(27)28-16-23(14-15-36-28)35(3,4)5;/h7-16,19-20H,1-6H3;/q-3;/i6D3;. The summed E-state index contributed by atoms with van der Waals surface area (Å²) in [5.41, 5.74) is 5.39. The third kappa shape index (κ3) is 4.94. The summed E-state index contributed by atoms with van der Waals surface area (Å²) in [6.45, 7) is 9.69. The molecule has 0 atom stereocenters. The summed E-state index contributed by atoms with van der Waals surface area (Å²) in [5.74, 6) is 0.526. The molecule has 0 spiro atoms. The van der Waals surface area contributed by atoms with E-state index in [-0.39, 0.29) is 26.5 Å². The maximum atomic E-state index is 7.88. The van der Waals surface area contributed by atoms with Crippen LogP contribution in [-0.2, 0) is 26.5 Å². The molecular formula is C35H30N3OPtS2-3. The molecule has 7 heteroatoms. The summed E-state index contributed by atoms with van der Waals surface area (Å²) in [6, 6.07) is 27.6.